The van der Waals surface area contributed by atoms with E-state index in [1.54, 1.807) is 12.4 Å². The van der Waals surface area contributed by atoms with E-state index in [2.05, 4.69) is 24.9 Å². The molecule has 0 aromatic carbocycles. The van der Waals surface area contributed by atoms with Crippen molar-refractivity contribution in [1.29, 1.82) is 0 Å². The molecule has 0 saturated heterocycles. The average molecular weight is 429 g/mol. The van der Waals surface area contributed by atoms with Crippen molar-refractivity contribution in [1.82, 2.24) is 15.0 Å². The van der Waals surface area contributed by atoms with Gasteiger partial charge in [-0.15, -0.1) is 11.4 Å². The van der Waals surface area contributed by atoms with Gasteiger partial charge in [0.2, 0.25) is 0 Å². The fraction of sp³-hybridized carbons (Fsp3) is 0.111. The Morgan fingerprint density at radius 2 is 1.23 bits per heavy atom. The van der Waals surface area contributed by atoms with Crippen LogP contribution < -0.4 is 4.98 Å². The van der Waals surface area contributed by atoms with Gasteiger partial charge in [-0.05, 0) is 38.1 Å². The first-order chi connectivity index (χ1) is 12.6. The third kappa shape index (κ3) is 6.39. The minimum atomic E-state index is 0.194. The molecule has 5 nitrogen and oxygen atoms in total. The van der Waals surface area contributed by atoms with Gasteiger partial charge in [-0.1, -0.05) is 24.3 Å². The number of pyridine rings is 2. The van der Waals surface area contributed by atoms with E-state index in [1.807, 2.05) is 62.4 Å². The van der Waals surface area contributed by atoms with Crippen LogP contribution >= 0.6 is 20.2 Å². The van der Waals surface area contributed by atoms with Gasteiger partial charge in [0, 0.05) is 23.8 Å². The maximum atomic E-state index is 4.76. The molecule has 3 heterocycles. The normalized spacial score (nSPS) is 11.7. The summed E-state index contributed by atoms with van der Waals surface area (Å²) in [4.78, 5) is 21.9. The van der Waals surface area contributed by atoms with Crippen LogP contribution in [0.25, 0.3) is 0 Å². The average Bonchev–Trinajstić information content (AvgIpc) is 3.15. The Hall–Kier alpha value is -1.98. The van der Waals surface area contributed by atoms with Crippen LogP contribution in [-0.2, 0) is 13.1 Å². The van der Waals surface area contributed by atoms with Crippen molar-refractivity contribution in [2.75, 3.05) is 0 Å². The van der Waals surface area contributed by atoms with Crippen molar-refractivity contribution in [3.8, 4) is 0 Å². The molecule has 0 aliphatic rings. The quantitative estimate of drug-likeness (QED) is 0.429. The molecule has 0 radical (unpaired) electrons. The van der Waals surface area contributed by atoms with Crippen molar-refractivity contribution >= 4 is 43.3 Å². The summed E-state index contributed by atoms with van der Waals surface area (Å²) in [7, 11) is 9.53. The van der Waals surface area contributed by atoms with E-state index >= 15 is 0 Å². The van der Waals surface area contributed by atoms with E-state index in [9.17, 15) is 0 Å². The zero-order chi connectivity index (χ0) is 18.8. The van der Waals surface area contributed by atoms with Crippen LogP contribution in [0.3, 0.4) is 0 Å². The molecule has 0 unspecified atom stereocenters. The third-order valence-corrected chi connectivity index (χ3v) is 3.24. The van der Waals surface area contributed by atoms with E-state index < -0.39 is 0 Å². The monoisotopic (exact) mass is 428 g/mol. The molecule has 0 aliphatic heterocycles. The van der Waals surface area contributed by atoms with Gasteiger partial charge in [0.05, 0.1) is 0 Å². The fourth-order valence-corrected chi connectivity index (χ4v) is 2.06. The van der Waals surface area contributed by atoms with Crippen LogP contribution in [0.5, 0.6) is 0 Å². The Labute approximate surface area is 167 Å². The predicted molar refractivity (Wildman–Crippen MR) is 104 cm³/mol. The molecule has 26 heavy (non-hydrogen) atoms. The molecular formula is C18H16Cl2FeN5. The van der Waals surface area contributed by atoms with Crippen LogP contribution in [0.15, 0.2) is 70.9 Å². The summed E-state index contributed by atoms with van der Waals surface area (Å²) >= 11 is 0.194. The Morgan fingerprint density at radius 1 is 0.808 bits per heavy atom. The number of aromatic nitrogens is 3. The molecule has 0 N–H and O–H groups in total. The number of nitrogens with zero attached hydrogens (tertiary/aromatic N) is 5. The van der Waals surface area contributed by atoms with Crippen LogP contribution in [0, 0.1) is 0 Å². The van der Waals surface area contributed by atoms with Gasteiger partial charge in [-0.3, -0.25) is 0 Å². The van der Waals surface area contributed by atoms with Crippen LogP contribution in [0.2, 0.25) is 0 Å². The first-order valence-electron chi connectivity index (χ1n) is 7.56. The minimum absolute atomic E-state index is 0.194. The van der Waals surface area contributed by atoms with E-state index in [0.29, 0.717) is 11.6 Å². The molecule has 0 spiro atoms. The fourth-order valence-electron chi connectivity index (χ4n) is 2.06. The van der Waals surface area contributed by atoms with E-state index in [0.717, 1.165) is 22.8 Å². The van der Waals surface area contributed by atoms with Gasteiger partial charge in [0.1, 0.15) is 0 Å². The molecule has 3 aromatic heterocycles. The second kappa shape index (κ2) is 10.9. The van der Waals surface area contributed by atoms with Crippen LogP contribution in [-0.4, -0.2) is 21.4 Å². The van der Waals surface area contributed by atoms with Gasteiger partial charge in [-0.2, -0.15) is 0 Å². The molecule has 3 aromatic rings. The van der Waals surface area contributed by atoms with E-state index in [-0.39, 0.29) is 13.1 Å². The Balaban J connectivity index is 0.000000758. The zero-order valence-corrected chi connectivity index (χ0v) is 16.7. The van der Waals surface area contributed by atoms with Gasteiger partial charge in [0.25, 0.3) is 0 Å². The molecule has 0 saturated carbocycles. The Kier molecular flexibility index (Phi) is 8.51. The predicted octanol–water partition coefficient (Wildman–Crippen LogP) is 5.09. The first kappa shape index (κ1) is 20.3. The molecule has 3 rings (SSSR count). The summed E-state index contributed by atoms with van der Waals surface area (Å²) in [6, 6.07) is 15.2. The van der Waals surface area contributed by atoms with E-state index in [1.165, 1.54) is 0 Å². The summed E-state index contributed by atoms with van der Waals surface area (Å²) in [5, 5.41) is 0. The topological polar surface area (TPSA) is 64.6 Å². The van der Waals surface area contributed by atoms with Gasteiger partial charge in [-0.25, -0.2) is 20.0 Å². The van der Waals surface area contributed by atoms with Crippen LogP contribution in [0.4, 0.5) is 11.6 Å². The summed E-state index contributed by atoms with van der Waals surface area (Å²) in [6.45, 7) is 3.85. The summed E-state index contributed by atoms with van der Waals surface area (Å²) in [6.07, 6.45) is 3.44. The number of hydrogen-bond acceptors (Lipinski definition) is 4. The molecule has 0 atom stereocenters. The number of aliphatic imine (C=N–C) groups is 2. The van der Waals surface area contributed by atoms with Crippen molar-refractivity contribution in [3.63, 3.8) is 0 Å². The summed E-state index contributed by atoms with van der Waals surface area (Å²) in [5.41, 5.74) is 3.28. The van der Waals surface area contributed by atoms with Gasteiger partial charge < -0.3 is 4.98 Å². The van der Waals surface area contributed by atoms with Gasteiger partial charge >= 0.3 is 33.3 Å². The summed E-state index contributed by atoms with van der Waals surface area (Å²) in [5.74, 6) is 1.35. The number of halogens is 2. The van der Waals surface area contributed by atoms with Crippen molar-refractivity contribution < 1.29 is 13.1 Å². The first-order valence-corrected chi connectivity index (χ1v) is 10.6. The standard InChI is InChI=1S/C18H16N5.2ClH.Fe/c1-13(21-17-7-3-5-11-19-17)15-9-10-16(23-15)14(2)22-18-8-4-6-12-20-18;;;/h3-12H,1-2H3;2*1H;/q-1;;;+3/p-2/b21-13+,22-14+;;;. The van der Waals surface area contributed by atoms with Gasteiger partial charge in [0.15, 0.2) is 11.6 Å². The number of rotatable bonds is 4. The SMILES string of the molecule is C/C(=N\c1ccccn1)c1ccc(/C(C)=N/c2ccccn2)[n-]1.[Cl][Fe+][Cl]. The summed E-state index contributed by atoms with van der Waals surface area (Å²) < 4.78 is 0. The molecule has 0 fully saturated rings. The number of hydrogen-bond donors (Lipinski definition) is 0. The third-order valence-electron chi connectivity index (χ3n) is 3.24. The van der Waals surface area contributed by atoms with Crippen molar-refractivity contribution in [2.24, 2.45) is 9.98 Å². The second-order valence-corrected chi connectivity index (χ2v) is 6.86. The zero-order valence-electron chi connectivity index (χ0n) is 14.1. The van der Waals surface area contributed by atoms with Crippen LogP contribution in [0.1, 0.15) is 25.2 Å². The second-order valence-electron chi connectivity index (χ2n) is 5.04. The Bertz CT molecular complexity index is 794. The maximum absolute atomic E-state index is 4.76. The van der Waals surface area contributed by atoms with Crippen molar-refractivity contribution in [3.05, 3.63) is 72.3 Å². The molecule has 135 valence electrons. The Morgan fingerprint density at radius 3 is 1.58 bits per heavy atom. The molecular weight excluding hydrogens is 413 g/mol. The molecule has 0 aliphatic carbocycles. The van der Waals surface area contributed by atoms with Crippen molar-refractivity contribution in [2.45, 2.75) is 13.8 Å². The molecule has 8 heteroatoms. The molecule has 0 amide bonds. The molecule has 0 bridgehead atoms. The van der Waals surface area contributed by atoms with E-state index in [4.69, 9.17) is 20.2 Å².